The summed E-state index contributed by atoms with van der Waals surface area (Å²) in [5.74, 6) is 0.125. The van der Waals surface area contributed by atoms with E-state index >= 15 is 0 Å². The second-order valence-corrected chi connectivity index (χ2v) is 6.45. The summed E-state index contributed by atoms with van der Waals surface area (Å²) in [6.07, 6.45) is 3.74. The quantitative estimate of drug-likeness (QED) is 0.734. The minimum absolute atomic E-state index is 0.0310. The molecule has 0 spiro atoms. The minimum atomic E-state index is -0.0648. The first kappa shape index (κ1) is 12.8. The Morgan fingerprint density at radius 2 is 2.18 bits per heavy atom. The van der Waals surface area contributed by atoms with E-state index in [2.05, 4.69) is 41.4 Å². The number of rotatable bonds is 1. The first-order valence-corrected chi connectivity index (χ1v) is 6.89. The van der Waals surface area contributed by atoms with Crippen molar-refractivity contribution in [3.8, 4) is 0 Å². The lowest BCUT2D eigenvalue weighted by Crippen LogP contribution is -2.51. The van der Waals surface area contributed by atoms with Gasteiger partial charge >= 0.3 is 0 Å². The predicted octanol–water partition coefficient (Wildman–Crippen LogP) is 2.80. The molecule has 92 valence electrons. The van der Waals surface area contributed by atoms with E-state index in [1.165, 1.54) is 0 Å². The van der Waals surface area contributed by atoms with Crippen LogP contribution < -0.4 is 0 Å². The highest BCUT2D eigenvalue weighted by Crippen LogP contribution is 2.34. The fourth-order valence-corrected chi connectivity index (χ4v) is 2.51. The van der Waals surface area contributed by atoms with Crippen molar-refractivity contribution in [2.75, 3.05) is 7.05 Å². The molecule has 1 amide bonds. The van der Waals surface area contributed by atoms with E-state index in [1.54, 1.807) is 0 Å². The molecular formula is C13H17IN2O. The van der Waals surface area contributed by atoms with Gasteiger partial charge < -0.3 is 4.90 Å². The number of hydrogen-bond acceptors (Lipinski definition) is 2. The maximum atomic E-state index is 12.3. The predicted molar refractivity (Wildman–Crippen MR) is 75.8 cm³/mol. The highest BCUT2D eigenvalue weighted by Gasteiger charge is 2.38. The Balaban J connectivity index is 2.24. The molecule has 1 aromatic rings. The summed E-state index contributed by atoms with van der Waals surface area (Å²) >= 11 is 2.22. The molecule has 0 radical (unpaired) electrons. The number of halogens is 1. The van der Waals surface area contributed by atoms with Crippen LogP contribution in [0.4, 0.5) is 0 Å². The van der Waals surface area contributed by atoms with Crippen LogP contribution in [-0.2, 0) is 4.79 Å². The van der Waals surface area contributed by atoms with Crippen molar-refractivity contribution >= 4 is 28.5 Å². The van der Waals surface area contributed by atoms with Gasteiger partial charge in [0.2, 0.25) is 5.91 Å². The molecule has 1 aliphatic heterocycles. The van der Waals surface area contributed by atoms with Crippen LogP contribution in [0.15, 0.2) is 18.3 Å². The minimum Gasteiger partial charge on any atom is -0.340 e. The van der Waals surface area contributed by atoms with Crippen molar-refractivity contribution in [3.63, 3.8) is 0 Å². The number of carbonyl (C=O) groups is 1. The summed E-state index contributed by atoms with van der Waals surface area (Å²) in [5, 5.41) is 0. The average Bonchev–Trinajstić information content (AvgIpc) is 2.28. The van der Waals surface area contributed by atoms with Crippen molar-refractivity contribution in [3.05, 3.63) is 27.6 Å². The van der Waals surface area contributed by atoms with Crippen molar-refractivity contribution in [1.82, 2.24) is 9.88 Å². The fourth-order valence-electron chi connectivity index (χ4n) is 2.19. The van der Waals surface area contributed by atoms with Crippen molar-refractivity contribution in [1.29, 1.82) is 0 Å². The van der Waals surface area contributed by atoms with Gasteiger partial charge in [0.25, 0.3) is 0 Å². The lowest BCUT2D eigenvalue weighted by atomic mass is 9.83. The fraction of sp³-hybridized carbons (Fsp3) is 0.538. The molecule has 1 saturated heterocycles. The summed E-state index contributed by atoms with van der Waals surface area (Å²) in [7, 11) is 1.89. The largest absolute Gasteiger partial charge is 0.340 e. The zero-order valence-electron chi connectivity index (χ0n) is 10.4. The summed E-state index contributed by atoms with van der Waals surface area (Å²) < 4.78 is 1.10. The van der Waals surface area contributed by atoms with Crippen LogP contribution in [-0.4, -0.2) is 28.4 Å². The van der Waals surface area contributed by atoms with Gasteiger partial charge in [0.15, 0.2) is 0 Å². The molecule has 1 aliphatic rings. The summed E-state index contributed by atoms with van der Waals surface area (Å²) in [5.41, 5.74) is 0.870. The second kappa shape index (κ2) is 4.55. The number of pyridine rings is 1. The molecule has 2 rings (SSSR count). The highest BCUT2D eigenvalue weighted by atomic mass is 127. The topological polar surface area (TPSA) is 33.2 Å². The zero-order chi connectivity index (χ0) is 12.6. The first-order chi connectivity index (χ1) is 7.92. The van der Waals surface area contributed by atoms with E-state index in [1.807, 2.05) is 30.3 Å². The first-order valence-electron chi connectivity index (χ1n) is 5.81. The molecule has 0 aromatic carbocycles. The molecule has 4 heteroatoms. The molecule has 2 heterocycles. The molecule has 1 aromatic heterocycles. The average molecular weight is 344 g/mol. The van der Waals surface area contributed by atoms with Crippen LogP contribution in [0.2, 0.25) is 0 Å². The van der Waals surface area contributed by atoms with Crippen molar-refractivity contribution < 1.29 is 4.79 Å². The van der Waals surface area contributed by atoms with E-state index in [4.69, 9.17) is 0 Å². The Labute approximate surface area is 116 Å². The number of aromatic nitrogens is 1. The van der Waals surface area contributed by atoms with Crippen LogP contribution in [0.25, 0.3) is 0 Å². The monoisotopic (exact) mass is 344 g/mol. The van der Waals surface area contributed by atoms with Gasteiger partial charge in [0, 0.05) is 22.4 Å². The Bertz CT molecular complexity index is 428. The number of nitrogens with zero attached hydrogens (tertiary/aromatic N) is 2. The van der Waals surface area contributed by atoms with E-state index in [0.29, 0.717) is 0 Å². The number of piperidine rings is 1. The maximum absolute atomic E-state index is 12.3. The molecule has 17 heavy (non-hydrogen) atoms. The molecule has 3 nitrogen and oxygen atoms in total. The molecule has 0 saturated carbocycles. The van der Waals surface area contributed by atoms with E-state index in [-0.39, 0.29) is 17.4 Å². The highest BCUT2D eigenvalue weighted by molar-refractivity contribution is 14.1. The molecule has 0 N–H and O–H groups in total. The van der Waals surface area contributed by atoms with Crippen LogP contribution in [0.5, 0.6) is 0 Å². The van der Waals surface area contributed by atoms with Crippen LogP contribution in [0.3, 0.4) is 0 Å². The molecule has 1 fully saturated rings. The lowest BCUT2D eigenvalue weighted by molar-refractivity contribution is -0.140. The molecule has 1 unspecified atom stereocenters. The van der Waals surface area contributed by atoms with E-state index < -0.39 is 0 Å². The molecule has 0 bridgehead atoms. The van der Waals surface area contributed by atoms with Gasteiger partial charge in [0.05, 0.1) is 11.6 Å². The van der Waals surface area contributed by atoms with Gasteiger partial charge in [-0.2, -0.15) is 0 Å². The number of amides is 1. The normalized spacial score (nSPS) is 23.9. The van der Waals surface area contributed by atoms with Gasteiger partial charge in [-0.15, -0.1) is 0 Å². The maximum Gasteiger partial charge on any atom is 0.231 e. The molecule has 0 aliphatic carbocycles. The number of likely N-dealkylation sites (tertiary alicyclic amines) is 1. The number of hydrogen-bond donors (Lipinski definition) is 0. The third kappa shape index (κ3) is 2.46. The zero-order valence-corrected chi connectivity index (χ0v) is 12.6. The lowest BCUT2D eigenvalue weighted by Gasteiger charge is -2.42. The standard InChI is InChI=1S/C13H17IN2O/c1-13(2)7-6-10(12(17)16(13)3)11-5-4-9(14)8-15-11/h4-5,8,10H,6-7H2,1-3H3. The Morgan fingerprint density at radius 1 is 1.47 bits per heavy atom. The second-order valence-electron chi connectivity index (χ2n) is 5.20. The van der Waals surface area contributed by atoms with Gasteiger partial charge in [-0.3, -0.25) is 9.78 Å². The van der Waals surface area contributed by atoms with E-state index in [0.717, 1.165) is 22.1 Å². The Kier molecular flexibility index (Phi) is 3.43. The summed E-state index contributed by atoms with van der Waals surface area (Å²) in [6.45, 7) is 4.23. The third-order valence-corrected chi connectivity index (χ3v) is 4.33. The Hall–Kier alpha value is -0.650. The van der Waals surface area contributed by atoms with Gasteiger partial charge in [-0.1, -0.05) is 0 Å². The van der Waals surface area contributed by atoms with E-state index in [9.17, 15) is 4.79 Å². The molecular weight excluding hydrogens is 327 g/mol. The van der Waals surface area contributed by atoms with Gasteiger partial charge in [-0.05, 0) is 61.4 Å². The smallest absolute Gasteiger partial charge is 0.231 e. The molecule has 1 atom stereocenters. The number of carbonyl (C=O) groups excluding carboxylic acids is 1. The van der Waals surface area contributed by atoms with Crippen LogP contribution >= 0.6 is 22.6 Å². The van der Waals surface area contributed by atoms with Crippen LogP contribution in [0.1, 0.15) is 38.3 Å². The third-order valence-electron chi connectivity index (χ3n) is 3.69. The number of likely N-dealkylation sites (N-methyl/N-ethyl adjacent to an activating group) is 1. The van der Waals surface area contributed by atoms with Crippen LogP contribution in [0, 0.1) is 3.57 Å². The Morgan fingerprint density at radius 3 is 2.76 bits per heavy atom. The van der Waals surface area contributed by atoms with Gasteiger partial charge in [-0.25, -0.2) is 0 Å². The van der Waals surface area contributed by atoms with Crippen molar-refractivity contribution in [2.24, 2.45) is 0 Å². The summed E-state index contributed by atoms with van der Waals surface area (Å²) in [6, 6.07) is 3.98. The van der Waals surface area contributed by atoms with Gasteiger partial charge in [0.1, 0.15) is 0 Å². The summed E-state index contributed by atoms with van der Waals surface area (Å²) in [4.78, 5) is 18.6. The SMILES string of the molecule is CN1C(=O)C(c2ccc(I)cn2)CCC1(C)C. The van der Waals surface area contributed by atoms with Crippen molar-refractivity contribution in [2.45, 2.75) is 38.1 Å².